The lowest BCUT2D eigenvalue weighted by Gasteiger charge is -2.19. The van der Waals surface area contributed by atoms with Gasteiger partial charge in [-0.2, -0.15) is 0 Å². The molecule has 5 aromatic carbocycles. The summed E-state index contributed by atoms with van der Waals surface area (Å²) in [4.78, 5) is 0. The maximum Gasteiger partial charge on any atom is 0.124 e. The summed E-state index contributed by atoms with van der Waals surface area (Å²) in [6.07, 6.45) is 4.32. The van der Waals surface area contributed by atoms with E-state index in [0.717, 1.165) is 38.5 Å². The zero-order chi connectivity index (χ0) is 29.5. The van der Waals surface area contributed by atoms with E-state index in [2.05, 4.69) is 57.9 Å². The van der Waals surface area contributed by atoms with Gasteiger partial charge < -0.3 is 9.13 Å². The van der Waals surface area contributed by atoms with E-state index in [4.69, 9.17) is 34.8 Å². The number of hydrogen-bond donors (Lipinski definition) is 0. The highest BCUT2D eigenvalue weighted by Crippen LogP contribution is 2.46. The van der Waals surface area contributed by atoms with Crippen molar-refractivity contribution in [1.82, 2.24) is 9.13 Å². The van der Waals surface area contributed by atoms with Crippen LogP contribution in [0.5, 0.6) is 0 Å². The summed E-state index contributed by atoms with van der Waals surface area (Å²) in [5.74, 6) is -0.770. The summed E-state index contributed by atoms with van der Waals surface area (Å²) in [6.45, 7) is 1.33. The van der Waals surface area contributed by atoms with Gasteiger partial charge in [0.05, 0.1) is 21.1 Å². The molecule has 0 aliphatic rings. The van der Waals surface area contributed by atoms with Crippen LogP contribution in [0.4, 0.5) is 4.39 Å². The quantitative estimate of drug-likeness (QED) is 0.167. The SMILES string of the molecule is Fc1ccc(C(c2cn(Cc3ccccc3)c3cccc(Cl)c23)c2cn(Cc3ccccc3)c3cccc(Cl)c23)c(Cl)c1. The molecule has 0 saturated carbocycles. The molecule has 0 atom stereocenters. The molecule has 2 aromatic heterocycles. The van der Waals surface area contributed by atoms with Gasteiger partial charge in [-0.3, -0.25) is 0 Å². The number of aromatic nitrogens is 2. The molecule has 0 spiro atoms. The largest absolute Gasteiger partial charge is 0.343 e. The molecule has 43 heavy (non-hydrogen) atoms. The van der Waals surface area contributed by atoms with Gasteiger partial charge in [-0.05, 0) is 64.2 Å². The van der Waals surface area contributed by atoms with Gasteiger partial charge in [0.1, 0.15) is 5.82 Å². The van der Waals surface area contributed by atoms with Gasteiger partial charge in [-0.25, -0.2) is 4.39 Å². The Balaban J connectivity index is 1.51. The molecule has 0 radical (unpaired) electrons. The van der Waals surface area contributed by atoms with E-state index in [-0.39, 0.29) is 11.7 Å². The van der Waals surface area contributed by atoms with Gasteiger partial charge in [-0.15, -0.1) is 0 Å². The van der Waals surface area contributed by atoms with E-state index in [1.54, 1.807) is 6.07 Å². The number of hydrogen-bond acceptors (Lipinski definition) is 0. The first-order valence-electron chi connectivity index (χ1n) is 14.0. The first-order chi connectivity index (χ1) is 21.0. The van der Waals surface area contributed by atoms with Gasteiger partial charge in [0, 0.05) is 47.2 Å². The molecule has 7 aromatic rings. The fraction of sp³-hybridized carbons (Fsp3) is 0.0811. The van der Waals surface area contributed by atoms with Crippen LogP contribution < -0.4 is 0 Å². The predicted octanol–water partition coefficient (Wildman–Crippen LogP) is 11.0. The minimum Gasteiger partial charge on any atom is -0.343 e. The third kappa shape index (κ3) is 5.23. The van der Waals surface area contributed by atoms with Crippen LogP contribution in [0.2, 0.25) is 15.1 Å². The van der Waals surface area contributed by atoms with E-state index in [1.165, 1.54) is 23.3 Å². The fourth-order valence-electron chi connectivity index (χ4n) is 6.18. The summed E-state index contributed by atoms with van der Waals surface area (Å²) < 4.78 is 18.9. The minimum absolute atomic E-state index is 0.344. The number of fused-ring (bicyclic) bond motifs is 2. The molecule has 6 heteroatoms. The molecule has 0 N–H and O–H groups in total. The highest BCUT2D eigenvalue weighted by molar-refractivity contribution is 6.36. The monoisotopic (exact) mass is 622 g/mol. The number of benzene rings is 5. The summed E-state index contributed by atoms with van der Waals surface area (Å²) >= 11 is 20.8. The summed E-state index contributed by atoms with van der Waals surface area (Å²) in [6, 6.07) is 37.2. The van der Waals surface area contributed by atoms with E-state index < -0.39 is 0 Å². The maximum absolute atomic E-state index is 14.4. The topological polar surface area (TPSA) is 9.86 Å². The zero-order valence-corrected chi connectivity index (χ0v) is 25.3. The van der Waals surface area contributed by atoms with Gasteiger partial charge in [0.15, 0.2) is 0 Å². The van der Waals surface area contributed by atoms with Crippen molar-refractivity contribution in [3.05, 3.63) is 176 Å². The van der Waals surface area contributed by atoms with E-state index in [9.17, 15) is 4.39 Å². The van der Waals surface area contributed by atoms with Crippen LogP contribution in [0.15, 0.2) is 128 Å². The lowest BCUT2D eigenvalue weighted by molar-refractivity contribution is 0.627. The van der Waals surface area contributed by atoms with Gasteiger partial charge >= 0.3 is 0 Å². The highest BCUT2D eigenvalue weighted by Gasteiger charge is 2.29. The number of halogens is 4. The molecule has 0 aliphatic carbocycles. The van der Waals surface area contributed by atoms with E-state index >= 15 is 0 Å². The van der Waals surface area contributed by atoms with Crippen molar-refractivity contribution in [2.75, 3.05) is 0 Å². The van der Waals surface area contributed by atoms with Crippen molar-refractivity contribution in [3.8, 4) is 0 Å². The van der Waals surface area contributed by atoms with Crippen LogP contribution in [0.1, 0.15) is 33.7 Å². The second kappa shape index (κ2) is 11.6. The molecule has 2 nitrogen and oxygen atoms in total. The van der Waals surface area contributed by atoms with Crippen molar-refractivity contribution in [1.29, 1.82) is 0 Å². The Morgan fingerprint density at radius 3 is 1.47 bits per heavy atom. The molecule has 2 heterocycles. The van der Waals surface area contributed by atoms with E-state index in [1.807, 2.05) is 60.7 Å². The Bertz CT molecular complexity index is 1960. The van der Waals surface area contributed by atoms with Gasteiger partial charge in [0.25, 0.3) is 0 Å². The van der Waals surface area contributed by atoms with Gasteiger partial charge in [0.2, 0.25) is 0 Å². The second-order valence-corrected chi connectivity index (χ2v) is 12.0. The summed E-state index contributed by atoms with van der Waals surface area (Å²) in [5.41, 5.74) is 7.09. The molecule has 0 saturated heterocycles. The smallest absolute Gasteiger partial charge is 0.124 e. The lowest BCUT2D eigenvalue weighted by Crippen LogP contribution is -2.05. The molecule has 7 rings (SSSR count). The molecule has 0 unspecified atom stereocenters. The number of rotatable bonds is 7. The summed E-state index contributed by atoms with van der Waals surface area (Å²) in [5, 5.41) is 3.49. The Hall–Kier alpha value is -4.02. The van der Waals surface area contributed by atoms with Crippen LogP contribution in [0.25, 0.3) is 21.8 Å². The van der Waals surface area contributed by atoms with Crippen molar-refractivity contribution >= 4 is 56.6 Å². The first kappa shape index (κ1) is 27.8. The number of nitrogens with zero attached hydrogens (tertiary/aromatic N) is 2. The molecule has 0 bridgehead atoms. The van der Waals surface area contributed by atoms with Crippen LogP contribution in [0.3, 0.4) is 0 Å². The standard InChI is InChI=1S/C37H26Cl3FN2/c38-30-13-7-15-33-36(30)28(22-42(33)20-24-9-3-1-4-10-24)35(27-18-17-26(41)19-32(27)40)29-23-43(21-25-11-5-2-6-12-25)34-16-8-14-31(39)37(29)34/h1-19,22-23,35H,20-21H2. The average Bonchev–Trinajstić information content (AvgIpc) is 3.55. The fourth-order valence-corrected chi connectivity index (χ4v) is 7.01. The molecule has 0 aliphatic heterocycles. The molecular formula is C37H26Cl3FN2. The van der Waals surface area contributed by atoms with Crippen molar-refractivity contribution in [2.24, 2.45) is 0 Å². The molecular weight excluding hydrogens is 598 g/mol. The van der Waals surface area contributed by atoms with Crippen molar-refractivity contribution in [3.63, 3.8) is 0 Å². The average molecular weight is 624 g/mol. The minimum atomic E-state index is -0.387. The highest BCUT2D eigenvalue weighted by atomic mass is 35.5. The summed E-state index contributed by atoms with van der Waals surface area (Å²) in [7, 11) is 0. The Morgan fingerprint density at radius 1 is 0.512 bits per heavy atom. The Morgan fingerprint density at radius 2 is 1.00 bits per heavy atom. The van der Waals surface area contributed by atoms with Crippen LogP contribution >= 0.6 is 34.8 Å². The van der Waals surface area contributed by atoms with Crippen molar-refractivity contribution < 1.29 is 4.39 Å². The maximum atomic E-state index is 14.4. The third-order valence-electron chi connectivity index (χ3n) is 8.06. The molecule has 0 fully saturated rings. The van der Waals surface area contributed by atoms with Crippen molar-refractivity contribution in [2.45, 2.75) is 19.0 Å². The first-order valence-corrected chi connectivity index (χ1v) is 15.2. The second-order valence-electron chi connectivity index (χ2n) is 10.8. The van der Waals surface area contributed by atoms with Crippen LogP contribution in [-0.4, -0.2) is 9.13 Å². The Labute approximate surface area is 264 Å². The normalized spacial score (nSPS) is 11.7. The lowest BCUT2D eigenvalue weighted by atomic mass is 9.84. The van der Waals surface area contributed by atoms with Crippen LogP contribution in [-0.2, 0) is 13.1 Å². The van der Waals surface area contributed by atoms with E-state index in [0.29, 0.717) is 28.2 Å². The zero-order valence-electron chi connectivity index (χ0n) is 23.0. The predicted molar refractivity (Wildman–Crippen MR) is 177 cm³/mol. The third-order valence-corrected chi connectivity index (χ3v) is 9.01. The van der Waals surface area contributed by atoms with Gasteiger partial charge in [-0.1, -0.05) is 114 Å². The molecule has 212 valence electrons. The molecule has 0 amide bonds. The van der Waals surface area contributed by atoms with Crippen LogP contribution in [0, 0.1) is 5.82 Å². The Kier molecular flexibility index (Phi) is 7.48.